The van der Waals surface area contributed by atoms with Gasteiger partial charge in [-0.2, -0.15) is 0 Å². The minimum atomic E-state index is 0. The third kappa shape index (κ3) is 17.0. The molecular formula is C30H46O2. The van der Waals surface area contributed by atoms with Crippen LogP contribution in [0.2, 0.25) is 0 Å². The van der Waals surface area contributed by atoms with Crippen molar-refractivity contribution in [1.29, 1.82) is 0 Å². The van der Waals surface area contributed by atoms with E-state index in [9.17, 15) is 9.59 Å². The number of carbonyl (C=O) groups excluding carboxylic acids is 2. The van der Waals surface area contributed by atoms with E-state index in [1.54, 1.807) is 13.8 Å². The largest absolute Gasteiger partial charge is 0.300 e. The molecule has 32 heavy (non-hydrogen) atoms. The summed E-state index contributed by atoms with van der Waals surface area (Å²) < 4.78 is 0. The number of allylic oxidation sites excluding steroid dienone is 1. The highest BCUT2D eigenvalue weighted by Crippen LogP contribution is 2.07. The molecule has 2 aromatic rings. The summed E-state index contributed by atoms with van der Waals surface area (Å²) in [4.78, 5) is 21.2. The molecule has 178 valence electrons. The average Bonchev–Trinajstić information content (AvgIpc) is 2.80. The predicted molar refractivity (Wildman–Crippen MR) is 144 cm³/mol. The molecule has 0 amide bonds. The van der Waals surface area contributed by atoms with Crippen LogP contribution in [-0.2, 0) is 22.4 Å². The van der Waals surface area contributed by atoms with Crippen molar-refractivity contribution in [2.75, 3.05) is 0 Å². The lowest BCUT2D eigenvalue weighted by molar-refractivity contribution is -0.117. The van der Waals surface area contributed by atoms with Gasteiger partial charge >= 0.3 is 0 Å². The van der Waals surface area contributed by atoms with Crippen LogP contribution in [0.25, 0.3) is 6.08 Å². The maximum absolute atomic E-state index is 10.8. The lowest BCUT2D eigenvalue weighted by Gasteiger charge is -2.00. The van der Waals surface area contributed by atoms with Crippen molar-refractivity contribution in [3.63, 3.8) is 0 Å². The Kier molecular flexibility index (Phi) is 19.8. The highest BCUT2D eigenvalue weighted by atomic mass is 16.1. The third-order valence-electron chi connectivity index (χ3n) is 4.65. The quantitative estimate of drug-likeness (QED) is 0.387. The number of Topliss-reactive ketones (excluding diaryl/α,β-unsaturated/α-hetero) is 2. The Morgan fingerprint density at radius 1 is 0.938 bits per heavy atom. The van der Waals surface area contributed by atoms with Gasteiger partial charge in [0.2, 0.25) is 0 Å². The standard InChI is InChI=1S/C11H14O.C9H10.C8H14O.C2H6.H2/c1-3-10-4-6-11(7-5-10)8-9(2)12;1-3-9-7-5-4-6-8(9)2;1-4-7(2)5-6-8(3)9;1-2;/h4-7H,3,8H2,1-2H3;3-7H,1H2,2H3;4,7H,1,5-6H2,2-3H3;1-2H3;1H. The van der Waals surface area contributed by atoms with Crippen molar-refractivity contribution in [2.45, 2.75) is 74.1 Å². The summed E-state index contributed by atoms with van der Waals surface area (Å²) in [5.41, 5.74) is 4.94. The molecule has 0 aliphatic rings. The van der Waals surface area contributed by atoms with Crippen LogP contribution in [0.1, 0.15) is 78.1 Å². The van der Waals surface area contributed by atoms with Gasteiger partial charge < -0.3 is 4.79 Å². The summed E-state index contributed by atoms with van der Waals surface area (Å²) in [7, 11) is 0. The maximum Gasteiger partial charge on any atom is 0.134 e. The minimum Gasteiger partial charge on any atom is -0.300 e. The molecule has 2 rings (SSSR count). The summed E-state index contributed by atoms with van der Waals surface area (Å²) in [6.07, 6.45) is 6.99. The first kappa shape index (κ1) is 31.4. The fourth-order valence-electron chi connectivity index (χ4n) is 2.54. The van der Waals surface area contributed by atoms with Gasteiger partial charge in [-0.1, -0.05) is 95.0 Å². The molecule has 0 saturated carbocycles. The Labute approximate surface area is 199 Å². The van der Waals surface area contributed by atoms with E-state index in [0.717, 1.165) is 18.4 Å². The minimum absolute atomic E-state index is 0. The molecule has 2 aromatic carbocycles. The second-order valence-corrected chi connectivity index (χ2v) is 7.56. The molecule has 0 saturated heterocycles. The third-order valence-corrected chi connectivity index (χ3v) is 4.65. The number of aryl methyl sites for hydroxylation is 2. The van der Waals surface area contributed by atoms with Crippen molar-refractivity contribution < 1.29 is 11.0 Å². The fourth-order valence-corrected chi connectivity index (χ4v) is 2.54. The fraction of sp³-hybridized carbons (Fsp3) is 0.400. The molecule has 1 unspecified atom stereocenters. The molecule has 2 heteroatoms. The van der Waals surface area contributed by atoms with Gasteiger partial charge in [0, 0.05) is 14.3 Å². The van der Waals surface area contributed by atoms with Gasteiger partial charge in [0.25, 0.3) is 0 Å². The first-order valence-electron chi connectivity index (χ1n) is 11.6. The number of benzene rings is 2. The number of hydrogen-bond donors (Lipinski definition) is 0. The van der Waals surface area contributed by atoms with Crippen LogP contribution >= 0.6 is 0 Å². The van der Waals surface area contributed by atoms with Crippen LogP contribution in [0.3, 0.4) is 0 Å². The van der Waals surface area contributed by atoms with Gasteiger partial charge in [-0.05, 0) is 61.8 Å². The van der Waals surface area contributed by atoms with E-state index in [1.165, 1.54) is 16.7 Å². The van der Waals surface area contributed by atoms with E-state index in [4.69, 9.17) is 0 Å². The molecule has 0 fully saturated rings. The van der Waals surface area contributed by atoms with Gasteiger partial charge in [0.1, 0.15) is 11.6 Å². The van der Waals surface area contributed by atoms with Gasteiger partial charge in [0.05, 0.1) is 0 Å². The molecule has 0 bridgehead atoms. The smallest absolute Gasteiger partial charge is 0.134 e. The first-order valence-corrected chi connectivity index (χ1v) is 11.6. The van der Waals surface area contributed by atoms with Crippen LogP contribution in [0.4, 0.5) is 0 Å². The number of carbonyl (C=O) groups is 2. The molecule has 1 atom stereocenters. The SMILES string of the molecule is C=CC(C)CCC(C)=O.C=Cc1ccccc1C.CC.CCc1ccc(CC(C)=O)cc1.[HH]. The van der Waals surface area contributed by atoms with Crippen molar-refractivity contribution in [2.24, 2.45) is 5.92 Å². The molecule has 2 nitrogen and oxygen atoms in total. The van der Waals surface area contributed by atoms with Crippen molar-refractivity contribution in [1.82, 2.24) is 0 Å². The molecule has 0 N–H and O–H groups in total. The van der Waals surface area contributed by atoms with E-state index in [0.29, 0.717) is 18.8 Å². The van der Waals surface area contributed by atoms with E-state index >= 15 is 0 Å². The Balaban J connectivity index is -0.000000394. The molecule has 0 spiro atoms. The van der Waals surface area contributed by atoms with Gasteiger partial charge in [-0.25, -0.2) is 0 Å². The molecule has 0 aliphatic heterocycles. The van der Waals surface area contributed by atoms with Crippen molar-refractivity contribution in [3.8, 4) is 0 Å². The molecular weight excluding hydrogens is 392 g/mol. The average molecular weight is 439 g/mol. The van der Waals surface area contributed by atoms with Crippen LogP contribution in [0, 0.1) is 12.8 Å². The second-order valence-electron chi connectivity index (χ2n) is 7.56. The van der Waals surface area contributed by atoms with Gasteiger partial charge in [-0.3, -0.25) is 4.79 Å². The molecule has 0 heterocycles. The van der Waals surface area contributed by atoms with E-state index in [-0.39, 0.29) is 13.0 Å². The Morgan fingerprint density at radius 2 is 1.47 bits per heavy atom. The molecule has 0 aromatic heterocycles. The van der Waals surface area contributed by atoms with Gasteiger partial charge in [0.15, 0.2) is 0 Å². The zero-order valence-electron chi connectivity index (χ0n) is 21.4. The first-order chi connectivity index (χ1) is 15.2. The van der Waals surface area contributed by atoms with Crippen LogP contribution in [-0.4, -0.2) is 11.6 Å². The van der Waals surface area contributed by atoms with Crippen molar-refractivity contribution >= 4 is 17.6 Å². The highest BCUT2D eigenvalue weighted by Gasteiger charge is 1.98. The van der Waals surface area contributed by atoms with Gasteiger partial charge in [-0.15, -0.1) is 6.58 Å². The van der Waals surface area contributed by atoms with E-state index < -0.39 is 0 Å². The monoisotopic (exact) mass is 438 g/mol. The van der Waals surface area contributed by atoms with Crippen molar-refractivity contribution in [3.05, 3.63) is 90.0 Å². The molecule has 0 aliphatic carbocycles. The maximum atomic E-state index is 10.8. The Morgan fingerprint density at radius 3 is 1.84 bits per heavy atom. The summed E-state index contributed by atoms with van der Waals surface area (Å²) >= 11 is 0. The normalized spacial score (nSPS) is 9.97. The highest BCUT2D eigenvalue weighted by molar-refractivity contribution is 5.78. The predicted octanol–water partition coefficient (Wildman–Crippen LogP) is 8.47. The Hall–Kier alpha value is -2.74. The van der Waals surface area contributed by atoms with E-state index in [1.807, 2.05) is 50.3 Å². The lowest BCUT2D eigenvalue weighted by Crippen LogP contribution is -1.95. The summed E-state index contributed by atoms with van der Waals surface area (Å²) in [6, 6.07) is 16.4. The zero-order valence-corrected chi connectivity index (χ0v) is 21.4. The topological polar surface area (TPSA) is 34.1 Å². The number of rotatable bonds is 8. The zero-order chi connectivity index (χ0) is 24.9. The Bertz CT molecular complexity index is 791. The number of hydrogen-bond acceptors (Lipinski definition) is 2. The number of ketones is 2. The van der Waals surface area contributed by atoms with Crippen LogP contribution < -0.4 is 0 Å². The lowest BCUT2D eigenvalue weighted by atomic mass is 10.0. The van der Waals surface area contributed by atoms with Crippen LogP contribution in [0.15, 0.2) is 67.8 Å². The summed E-state index contributed by atoms with van der Waals surface area (Å²) in [5, 5.41) is 0. The van der Waals surface area contributed by atoms with Crippen LogP contribution in [0.5, 0.6) is 0 Å². The summed E-state index contributed by atoms with van der Waals surface area (Å²) in [6.45, 7) is 20.8. The summed E-state index contributed by atoms with van der Waals surface area (Å²) in [5.74, 6) is 0.969. The molecule has 0 radical (unpaired) electrons. The second kappa shape index (κ2) is 20.2. The van der Waals surface area contributed by atoms with E-state index in [2.05, 4.69) is 58.2 Å².